The molecule has 0 unspecified atom stereocenters. The quantitative estimate of drug-likeness (QED) is 0.671. The van der Waals surface area contributed by atoms with Crippen LogP contribution in [0.15, 0.2) is 54.6 Å². The second kappa shape index (κ2) is 10.8. The fourth-order valence-electron chi connectivity index (χ4n) is 5.95. The number of aryl methyl sites for hydroxylation is 1. The molecule has 37 heavy (non-hydrogen) atoms. The first-order valence-corrected chi connectivity index (χ1v) is 13.6. The van der Waals surface area contributed by atoms with Gasteiger partial charge in [0.05, 0.1) is 6.67 Å². The Morgan fingerprint density at radius 1 is 0.865 bits per heavy atom. The van der Waals surface area contributed by atoms with Gasteiger partial charge in [-0.15, -0.1) is 0 Å². The van der Waals surface area contributed by atoms with E-state index in [9.17, 15) is 14.4 Å². The fourth-order valence-corrected chi connectivity index (χ4v) is 5.95. The summed E-state index contributed by atoms with van der Waals surface area (Å²) in [5, 5.41) is 3.06. The summed E-state index contributed by atoms with van der Waals surface area (Å²) in [4.78, 5) is 47.6. The summed E-state index contributed by atoms with van der Waals surface area (Å²) in [6.07, 6.45) is 5.11. The van der Waals surface area contributed by atoms with Crippen LogP contribution >= 0.6 is 0 Å². The third kappa shape index (κ3) is 5.02. The Morgan fingerprint density at radius 3 is 2.24 bits per heavy atom. The third-order valence-electron chi connectivity index (χ3n) is 8.13. The molecule has 0 atom stereocenters. The summed E-state index contributed by atoms with van der Waals surface area (Å²) < 4.78 is 0. The number of rotatable bonds is 5. The van der Waals surface area contributed by atoms with E-state index in [-0.39, 0.29) is 24.4 Å². The molecular weight excluding hydrogens is 466 g/mol. The topological polar surface area (TPSA) is 76.2 Å². The van der Waals surface area contributed by atoms with E-state index in [4.69, 9.17) is 0 Å². The number of carbonyl (C=O) groups is 3. The standard InChI is InChI=1S/C29H37N5O3/c1-2-23-11-7-8-14-25(23)30-28(37)32-19-15-29(16-20-32)27(36)33(21-26(35)31-17-9-4-10-18-31)22-34(29)24-12-5-3-6-13-24/h3,5-8,11-14H,2,4,9-10,15-22H2,1H3,(H,30,37). The zero-order valence-electron chi connectivity index (χ0n) is 21.7. The molecule has 3 fully saturated rings. The number of likely N-dealkylation sites (tertiary alicyclic amines) is 2. The van der Waals surface area contributed by atoms with Crippen molar-refractivity contribution in [3.05, 3.63) is 60.2 Å². The van der Waals surface area contributed by atoms with Crippen LogP contribution in [0.2, 0.25) is 0 Å². The Kier molecular flexibility index (Phi) is 7.35. The summed E-state index contributed by atoms with van der Waals surface area (Å²) in [7, 11) is 0. The molecule has 8 heteroatoms. The zero-order chi connectivity index (χ0) is 25.8. The largest absolute Gasteiger partial charge is 0.341 e. The lowest BCUT2D eigenvalue weighted by atomic mass is 9.85. The summed E-state index contributed by atoms with van der Waals surface area (Å²) in [6.45, 7) is 5.08. The highest BCUT2D eigenvalue weighted by Crippen LogP contribution is 2.39. The van der Waals surface area contributed by atoms with Gasteiger partial charge in [0, 0.05) is 37.6 Å². The SMILES string of the molecule is CCc1ccccc1NC(=O)N1CCC2(CC1)C(=O)N(CC(=O)N1CCCCC1)CN2c1ccccc1. The molecule has 3 saturated heterocycles. The maximum Gasteiger partial charge on any atom is 0.321 e. The number of para-hydroxylation sites is 2. The van der Waals surface area contributed by atoms with Crippen molar-refractivity contribution in [2.75, 3.05) is 49.6 Å². The molecule has 1 N–H and O–H groups in total. The van der Waals surface area contributed by atoms with E-state index in [0.29, 0.717) is 32.6 Å². The Labute approximate surface area is 219 Å². The van der Waals surface area contributed by atoms with Crippen molar-refractivity contribution in [1.29, 1.82) is 0 Å². The first-order valence-electron chi connectivity index (χ1n) is 13.6. The van der Waals surface area contributed by atoms with E-state index in [2.05, 4.69) is 17.1 Å². The van der Waals surface area contributed by atoms with Gasteiger partial charge in [0.1, 0.15) is 12.1 Å². The van der Waals surface area contributed by atoms with Crippen LogP contribution in [-0.2, 0) is 16.0 Å². The molecule has 3 aliphatic rings. The second-order valence-corrected chi connectivity index (χ2v) is 10.3. The number of urea groups is 1. The lowest BCUT2D eigenvalue weighted by molar-refractivity contribution is -0.141. The molecule has 3 heterocycles. The lowest BCUT2D eigenvalue weighted by Gasteiger charge is -2.43. The Bertz CT molecular complexity index is 1120. The number of hydrogen-bond acceptors (Lipinski definition) is 4. The molecule has 1 spiro atoms. The maximum atomic E-state index is 13.9. The average molecular weight is 504 g/mol. The van der Waals surface area contributed by atoms with Crippen molar-refractivity contribution in [3.63, 3.8) is 0 Å². The molecule has 2 aromatic carbocycles. The molecule has 0 aliphatic carbocycles. The molecule has 196 valence electrons. The second-order valence-electron chi connectivity index (χ2n) is 10.3. The highest BCUT2D eigenvalue weighted by molar-refractivity contribution is 5.97. The Balaban J connectivity index is 1.31. The van der Waals surface area contributed by atoms with Crippen LogP contribution in [-0.4, -0.2) is 77.5 Å². The lowest BCUT2D eigenvalue weighted by Crippen LogP contribution is -2.58. The predicted molar refractivity (Wildman–Crippen MR) is 144 cm³/mol. The van der Waals surface area contributed by atoms with E-state index in [1.54, 1.807) is 9.80 Å². The number of carbonyl (C=O) groups excluding carboxylic acids is 3. The van der Waals surface area contributed by atoms with E-state index in [1.807, 2.05) is 59.5 Å². The molecule has 3 aliphatic heterocycles. The van der Waals surface area contributed by atoms with Gasteiger partial charge in [-0.2, -0.15) is 0 Å². The molecule has 0 radical (unpaired) electrons. The molecule has 0 bridgehead atoms. The summed E-state index contributed by atoms with van der Waals surface area (Å²) >= 11 is 0. The van der Waals surface area contributed by atoms with Gasteiger partial charge < -0.3 is 24.9 Å². The van der Waals surface area contributed by atoms with Crippen molar-refractivity contribution in [1.82, 2.24) is 14.7 Å². The number of anilines is 2. The average Bonchev–Trinajstić information content (AvgIpc) is 3.20. The Hall–Kier alpha value is -3.55. The summed E-state index contributed by atoms with van der Waals surface area (Å²) in [6, 6.07) is 17.7. The van der Waals surface area contributed by atoms with Gasteiger partial charge in [-0.3, -0.25) is 9.59 Å². The smallest absolute Gasteiger partial charge is 0.321 e. The summed E-state index contributed by atoms with van der Waals surface area (Å²) in [5.74, 6) is 0.0302. The van der Waals surface area contributed by atoms with E-state index in [0.717, 1.165) is 55.7 Å². The summed E-state index contributed by atoms with van der Waals surface area (Å²) in [5.41, 5.74) is 2.15. The van der Waals surface area contributed by atoms with E-state index in [1.165, 1.54) is 0 Å². The Morgan fingerprint density at radius 2 is 1.54 bits per heavy atom. The van der Waals surface area contributed by atoms with Crippen LogP contribution in [0.1, 0.15) is 44.6 Å². The highest BCUT2D eigenvalue weighted by Gasteiger charge is 2.54. The highest BCUT2D eigenvalue weighted by atomic mass is 16.2. The predicted octanol–water partition coefficient (Wildman–Crippen LogP) is 3.93. The van der Waals surface area contributed by atoms with Crippen molar-refractivity contribution in [2.45, 2.75) is 51.0 Å². The number of nitrogens with zero attached hydrogens (tertiary/aromatic N) is 4. The van der Waals surface area contributed by atoms with Crippen LogP contribution in [0.3, 0.4) is 0 Å². The van der Waals surface area contributed by atoms with Crippen LogP contribution in [0.5, 0.6) is 0 Å². The molecule has 2 aromatic rings. The van der Waals surface area contributed by atoms with Gasteiger partial charge in [0.2, 0.25) is 5.91 Å². The van der Waals surface area contributed by atoms with Gasteiger partial charge >= 0.3 is 6.03 Å². The van der Waals surface area contributed by atoms with Crippen LogP contribution in [0, 0.1) is 0 Å². The monoisotopic (exact) mass is 503 g/mol. The van der Waals surface area contributed by atoms with Crippen molar-refractivity contribution < 1.29 is 14.4 Å². The molecule has 5 rings (SSSR count). The molecule has 8 nitrogen and oxygen atoms in total. The van der Waals surface area contributed by atoms with Gasteiger partial charge in [-0.25, -0.2) is 4.79 Å². The van der Waals surface area contributed by atoms with Crippen LogP contribution in [0.4, 0.5) is 16.2 Å². The molecule has 0 aromatic heterocycles. The van der Waals surface area contributed by atoms with Gasteiger partial charge in [0.15, 0.2) is 0 Å². The number of nitrogens with one attached hydrogen (secondary N) is 1. The molecule has 0 saturated carbocycles. The van der Waals surface area contributed by atoms with Crippen molar-refractivity contribution in [2.24, 2.45) is 0 Å². The van der Waals surface area contributed by atoms with Crippen LogP contribution < -0.4 is 10.2 Å². The zero-order valence-corrected chi connectivity index (χ0v) is 21.7. The number of amides is 4. The van der Waals surface area contributed by atoms with Crippen molar-refractivity contribution in [3.8, 4) is 0 Å². The third-order valence-corrected chi connectivity index (χ3v) is 8.13. The number of benzene rings is 2. The fraction of sp³-hybridized carbons (Fsp3) is 0.483. The van der Waals surface area contributed by atoms with Gasteiger partial charge in [-0.1, -0.05) is 43.3 Å². The van der Waals surface area contributed by atoms with Crippen molar-refractivity contribution >= 4 is 29.2 Å². The van der Waals surface area contributed by atoms with Gasteiger partial charge in [0.25, 0.3) is 5.91 Å². The van der Waals surface area contributed by atoms with Crippen LogP contribution in [0.25, 0.3) is 0 Å². The normalized spacial score (nSPS) is 19.4. The number of piperidine rings is 2. The minimum atomic E-state index is -0.748. The minimum Gasteiger partial charge on any atom is -0.341 e. The molecule has 4 amide bonds. The molecular formula is C29H37N5O3. The first-order chi connectivity index (χ1) is 18.0. The minimum absolute atomic E-state index is 0.00176. The maximum absolute atomic E-state index is 13.9. The van der Waals surface area contributed by atoms with E-state index < -0.39 is 5.54 Å². The number of hydrogen-bond donors (Lipinski definition) is 1. The van der Waals surface area contributed by atoms with E-state index >= 15 is 0 Å². The first kappa shape index (κ1) is 25.1. The van der Waals surface area contributed by atoms with Gasteiger partial charge in [-0.05, 0) is 62.3 Å².